The molecule has 2 aromatic heterocycles. The molecule has 0 spiro atoms. The molecule has 0 aromatic carbocycles. The molecule has 0 aliphatic carbocycles. The summed E-state index contributed by atoms with van der Waals surface area (Å²) in [7, 11) is 0. The monoisotopic (exact) mass is 259 g/mol. The number of aromatic nitrogens is 2. The van der Waals surface area contributed by atoms with Crippen molar-refractivity contribution in [2.45, 2.75) is 6.18 Å². The average molecular weight is 259 g/mol. The van der Waals surface area contributed by atoms with Crippen molar-refractivity contribution in [1.29, 1.82) is 0 Å². The van der Waals surface area contributed by atoms with Crippen molar-refractivity contribution in [3.63, 3.8) is 0 Å². The summed E-state index contributed by atoms with van der Waals surface area (Å²) in [6, 6.07) is 6.16. The van der Waals surface area contributed by atoms with Crippen LogP contribution in [0.2, 0.25) is 0 Å². The van der Waals surface area contributed by atoms with Gasteiger partial charge in [0.05, 0.1) is 11.1 Å². The third-order valence-corrected chi connectivity index (χ3v) is 1.75. The van der Waals surface area contributed by atoms with Gasteiger partial charge in [-0.1, -0.05) is 6.07 Å². The largest absolute Gasteiger partial charge is 0.431 e. The van der Waals surface area contributed by atoms with Gasteiger partial charge >= 0.3 is 6.18 Å². The number of nitrogens with one attached hydrogen (secondary N) is 1. The Balaban J connectivity index is 0.000000225. The van der Waals surface area contributed by atoms with Crippen LogP contribution in [0.4, 0.5) is 18.9 Å². The van der Waals surface area contributed by atoms with Crippen LogP contribution < -0.4 is 0 Å². The summed E-state index contributed by atoms with van der Waals surface area (Å²) < 4.78 is 35.4. The smallest absolute Gasteiger partial charge is 0.352 e. The third-order valence-electron chi connectivity index (χ3n) is 1.75. The molecule has 2 aromatic rings. The molecule has 96 valence electrons. The summed E-state index contributed by atoms with van der Waals surface area (Å²) in [6.07, 6.45) is -0.364. The van der Waals surface area contributed by atoms with Gasteiger partial charge in [-0.25, -0.2) is 0 Å². The second-order valence-electron chi connectivity index (χ2n) is 3.05. The van der Waals surface area contributed by atoms with Crippen molar-refractivity contribution in [3.8, 4) is 0 Å². The molecular formula is C10H8F3N3O2. The van der Waals surface area contributed by atoms with Crippen LogP contribution in [0.25, 0.3) is 0 Å². The number of aromatic amines is 1. The standard InChI is InChI=1S/C5H3F3N2O2.C5H5N/c6-5(7,8)4-1-3(2-9-4)10(11)12;1-2-4-6-5-3-1/h1-2,9H;1-5H. The van der Waals surface area contributed by atoms with Crippen LogP contribution in [0.1, 0.15) is 5.69 Å². The van der Waals surface area contributed by atoms with Crippen LogP contribution in [0, 0.1) is 10.1 Å². The van der Waals surface area contributed by atoms with Gasteiger partial charge in [0.1, 0.15) is 5.69 Å². The number of nitrogens with zero attached hydrogens (tertiary/aromatic N) is 2. The van der Waals surface area contributed by atoms with Gasteiger partial charge in [0, 0.05) is 18.5 Å². The Morgan fingerprint density at radius 2 is 1.83 bits per heavy atom. The fourth-order valence-corrected chi connectivity index (χ4v) is 0.965. The van der Waals surface area contributed by atoms with Gasteiger partial charge in [-0.05, 0) is 12.1 Å². The predicted octanol–water partition coefficient (Wildman–Crippen LogP) is 3.02. The van der Waals surface area contributed by atoms with E-state index >= 15 is 0 Å². The molecule has 8 heteroatoms. The normalized spacial score (nSPS) is 10.4. The van der Waals surface area contributed by atoms with E-state index in [9.17, 15) is 23.3 Å². The van der Waals surface area contributed by atoms with E-state index in [2.05, 4.69) is 4.98 Å². The second kappa shape index (κ2) is 5.80. The lowest BCUT2D eigenvalue weighted by Gasteiger charge is -1.99. The summed E-state index contributed by atoms with van der Waals surface area (Å²) in [4.78, 5) is 14.6. The van der Waals surface area contributed by atoms with Gasteiger partial charge in [0.25, 0.3) is 5.69 Å². The molecule has 0 saturated carbocycles. The highest BCUT2D eigenvalue weighted by Gasteiger charge is 2.33. The lowest BCUT2D eigenvalue weighted by molar-refractivity contribution is -0.384. The molecular weight excluding hydrogens is 251 g/mol. The van der Waals surface area contributed by atoms with Crippen molar-refractivity contribution < 1.29 is 18.1 Å². The maximum absolute atomic E-state index is 11.8. The first-order valence-electron chi connectivity index (χ1n) is 4.66. The first-order valence-corrected chi connectivity index (χ1v) is 4.66. The Morgan fingerprint density at radius 3 is 2.06 bits per heavy atom. The zero-order valence-corrected chi connectivity index (χ0v) is 8.89. The second-order valence-corrected chi connectivity index (χ2v) is 3.05. The molecule has 2 heterocycles. The van der Waals surface area contributed by atoms with E-state index in [0.717, 1.165) is 0 Å². The maximum atomic E-state index is 11.8. The van der Waals surface area contributed by atoms with E-state index in [0.29, 0.717) is 12.3 Å². The first-order chi connectivity index (χ1) is 8.41. The van der Waals surface area contributed by atoms with Crippen LogP contribution in [0.3, 0.4) is 0 Å². The number of hydrogen-bond donors (Lipinski definition) is 1. The zero-order chi connectivity index (χ0) is 13.6. The molecule has 0 saturated heterocycles. The molecule has 2 rings (SSSR count). The average Bonchev–Trinajstić information content (AvgIpc) is 2.81. The summed E-state index contributed by atoms with van der Waals surface area (Å²) in [5.41, 5.74) is -1.71. The molecule has 18 heavy (non-hydrogen) atoms. The summed E-state index contributed by atoms with van der Waals surface area (Å²) in [5, 5.41) is 9.96. The van der Waals surface area contributed by atoms with Gasteiger partial charge in [-0.2, -0.15) is 13.2 Å². The lowest BCUT2D eigenvalue weighted by atomic mass is 10.4. The molecule has 0 fully saturated rings. The predicted molar refractivity (Wildman–Crippen MR) is 56.7 cm³/mol. The molecule has 0 radical (unpaired) electrons. The Hall–Kier alpha value is -2.38. The maximum Gasteiger partial charge on any atom is 0.431 e. The molecule has 0 aliphatic heterocycles. The van der Waals surface area contributed by atoms with Crippen molar-refractivity contribution in [3.05, 3.63) is 58.7 Å². The fourth-order valence-electron chi connectivity index (χ4n) is 0.965. The quantitative estimate of drug-likeness (QED) is 0.632. The van der Waals surface area contributed by atoms with Crippen LogP contribution in [0.15, 0.2) is 42.9 Å². The summed E-state index contributed by atoms with van der Waals surface area (Å²) >= 11 is 0. The number of nitro groups is 1. The fraction of sp³-hybridized carbons (Fsp3) is 0.100. The van der Waals surface area contributed by atoms with E-state index in [1.54, 1.807) is 17.4 Å². The first kappa shape index (κ1) is 13.7. The minimum Gasteiger partial charge on any atom is -0.352 e. The SMILES string of the molecule is O=[N+]([O-])c1c[nH]c(C(F)(F)F)c1.c1ccncc1. The number of pyridine rings is 1. The Bertz CT molecular complexity index is 470. The molecule has 0 unspecified atom stereocenters. The van der Waals surface area contributed by atoms with Crippen molar-refractivity contribution in [1.82, 2.24) is 9.97 Å². The van der Waals surface area contributed by atoms with Crippen LogP contribution in [-0.2, 0) is 6.18 Å². The number of hydrogen-bond acceptors (Lipinski definition) is 3. The van der Waals surface area contributed by atoms with Gasteiger partial charge in [0.2, 0.25) is 0 Å². The Morgan fingerprint density at radius 1 is 1.22 bits per heavy atom. The van der Waals surface area contributed by atoms with Crippen LogP contribution >= 0.6 is 0 Å². The molecule has 0 aliphatic rings. The number of rotatable bonds is 1. The number of halogens is 3. The number of alkyl halides is 3. The minimum absolute atomic E-state index is 0.444. The third kappa shape index (κ3) is 4.24. The van der Waals surface area contributed by atoms with Crippen LogP contribution in [-0.4, -0.2) is 14.9 Å². The summed E-state index contributed by atoms with van der Waals surface area (Å²) in [6.45, 7) is 0. The van der Waals surface area contributed by atoms with E-state index in [1.165, 1.54) is 0 Å². The molecule has 1 N–H and O–H groups in total. The molecule has 0 bridgehead atoms. The van der Waals surface area contributed by atoms with E-state index < -0.39 is 22.5 Å². The lowest BCUT2D eigenvalue weighted by Crippen LogP contribution is -2.04. The summed E-state index contributed by atoms with van der Waals surface area (Å²) in [5.74, 6) is 0. The van der Waals surface area contributed by atoms with Gasteiger partial charge < -0.3 is 4.98 Å². The molecule has 5 nitrogen and oxygen atoms in total. The van der Waals surface area contributed by atoms with Gasteiger partial charge in [-0.3, -0.25) is 15.1 Å². The molecule has 0 amide bonds. The Kier molecular flexibility index (Phi) is 4.41. The Labute approximate surface area is 99.4 Å². The van der Waals surface area contributed by atoms with Gasteiger partial charge in [0.15, 0.2) is 0 Å². The molecule has 0 atom stereocenters. The highest BCUT2D eigenvalue weighted by molar-refractivity contribution is 5.31. The minimum atomic E-state index is -4.56. The van der Waals surface area contributed by atoms with Crippen molar-refractivity contribution in [2.75, 3.05) is 0 Å². The highest BCUT2D eigenvalue weighted by Crippen LogP contribution is 2.30. The van der Waals surface area contributed by atoms with Crippen LogP contribution in [0.5, 0.6) is 0 Å². The van der Waals surface area contributed by atoms with E-state index in [1.807, 2.05) is 18.2 Å². The zero-order valence-electron chi connectivity index (χ0n) is 8.89. The van der Waals surface area contributed by atoms with E-state index in [4.69, 9.17) is 0 Å². The van der Waals surface area contributed by atoms with Gasteiger partial charge in [-0.15, -0.1) is 0 Å². The van der Waals surface area contributed by atoms with Crippen molar-refractivity contribution in [2.24, 2.45) is 0 Å². The van der Waals surface area contributed by atoms with E-state index in [-0.39, 0.29) is 0 Å². The highest BCUT2D eigenvalue weighted by atomic mass is 19.4. The topological polar surface area (TPSA) is 71.8 Å². The number of H-pyrrole nitrogens is 1. The van der Waals surface area contributed by atoms with Crippen molar-refractivity contribution >= 4 is 5.69 Å².